The van der Waals surface area contributed by atoms with Crippen molar-refractivity contribution in [2.75, 3.05) is 5.01 Å². The molecule has 1 aromatic rings. The highest BCUT2D eigenvalue weighted by atomic mass is 79.9. The molecule has 1 aromatic carbocycles. The first-order valence-electron chi connectivity index (χ1n) is 12.0. The maximum Gasteiger partial charge on any atom is 0.294 e. The lowest BCUT2D eigenvalue weighted by Gasteiger charge is -2.12. The number of hydrogen-bond acceptors (Lipinski definition) is 4. The van der Waals surface area contributed by atoms with Gasteiger partial charge in [0.2, 0.25) is 0 Å². The van der Waals surface area contributed by atoms with Crippen LogP contribution in [0.25, 0.3) is 0 Å². The lowest BCUT2D eigenvalue weighted by atomic mass is 10.0. The molecule has 1 aliphatic rings. The molecule has 32 heavy (non-hydrogen) atoms. The Bertz CT molecular complexity index is 840. The quantitative estimate of drug-likeness (QED) is 0.144. The summed E-state index contributed by atoms with van der Waals surface area (Å²) in [7, 11) is -4.26. The Hall–Kier alpha value is -1.25. The molecule has 0 aromatic heterocycles. The number of amides is 1. The molecule has 8 heteroatoms. The highest BCUT2D eigenvalue weighted by Gasteiger charge is 2.34. The van der Waals surface area contributed by atoms with E-state index >= 15 is 0 Å². The monoisotopic (exact) mass is 528 g/mol. The van der Waals surface area contributed by atoms with Crippen molar-refractivity contribution >= 4 is 43.4 Å². The third kappa shape index (κ3) is 8.94. The van der Waals surface area contributed by atoms with Gasteiger partial charge in [-0.05, 0) is 37.1 Å². The van der Waals surface area contributed by atoms with E-state index in [-0.39, 0.29) is 10.8 Å². The van der Waals surface area contributed by atoms with Gasteiger partial charge >= 0.3 is 0 Å². The Kier molecular flexibility index (Phi) is 11.9. The number of anilines is 1. The van der Waals surface area contributed by atoms with Gasteiger partial charge in [-0.3, -0.25) is 9.35 Å². The van der Waals surface area contributed by atoms with Gasteiger partial charge in [0.15, 0.2) is 0 Å². The number of carbonyl (C=O) groups is 1. The van der Waals surface area contributed by atoms with Crippen LogP contribution in [0.1, 0.15) is 96.8 Å². The zero-order valence-electron chi connectivity index (χ0n) is 19.1. The fraction of sp³-hybridized carbons (Fsp3) is 0.667. The number of rotatable bonds is 16. The van der Waals surface area contributed by atoms with Crippen LogP contribution in [-0.4, -0.2) is 29.4 Å². The molecule has 1 amide bonds. The van der Waals surface area contributed by atoms with Crippen LogP contribution in [0, 0.1) is 0 Å². The van der Waals surface area contributed by atoms with E-state index in [2.05, 4.69) is 28.0 Å². The van der Waals surface area contributed by atoms with Gasteiger partial charge in [-0.25, -0.2) is 0 Å². The van der Waals surface area contributed by atoms with E-state index in [1.807, 2.05) is 0 Å². The van der Waals surface area contributed by atoms with Crippen molar-refractivity contribution in [1.82, 2.24) is 0 Å². The molecule has 6 nitrogen and oxygen atoms in total. The van der Waals surface area contributed by atoms with Gasteiger partial charge in [0.05, 0.1) is 16.3 Å². The maximum atomic E-state index is 12.5. The predicted octanol–water partition coefficient (Wildman–Crippen LogP) is 6.88. The summed E-state index contributed by atoms with van der Waals surface area (Å²) in [4.78, 5) is 11.9. The number of unbranched alkanes of at least 4 members (excludes halogenated alkanes) is 12. The summed E-state index contributed by atoms with van der Waals surface area (Å²) < 4.78 is 31.4. The molecule has 2 rings (SSSR count). The molecule has 0 fully saturated rings. The van der Waals surface area contributed by atoms with Crippen LogP contribution < -0.4 is 5.01 Å². The number of benzene rings is 1. The molecule has 1 N–H and O–H groups in total. The molecule has 0 radical (unpaired) electrons. The zero-order chi connectivity index (χ0) is 23.4. The summed E-state index contributed by atoms with van der Waals surface area (Å²) in [5.41, 5.74) is 1.28. The highest BCUT2D eigenvalue weighted by molar-refractivity contribution is 9.10. The van der Waals surface area contributed by atoms with Gasteiger partial charge < -0.3 is 0 Å². The van der Waals surface area contributed by atoms with Crippen LogP contribution in [0.15, 0.2) is 34.3 Å². The Balaban J connectivity index is 1.63. The van der Waals surface area contributed by atoms with Crippen LogP contribution >= 0.6 is 15.9 Å². The molecule has 180 valence electrons. The second-order valence-electron chi connectivity index (χ2n) is 8.57. The summed E-state index contributed by atoms with van der Waals surface area (Å²) in [5.74, 6) is -0.186. The lowest BCUT2D eigenvalue weighted by Crippen LogP contribution is -2.27. The van der Waals surface area contributed by atoms with Crippen molar-refractivity contribution in [3.05, 3.63) is 24.3 Å². The molecule has 1 atom stereocenters. The van der Waals surface area contributed by atoms with Crippen molar-refractivity contribution < 1.29 is 17.8 Å². The molecule has 0 saturated heterocycles. The molecule has 0 saturated carbocycles. The minimum absolute atomic E-state index is 0.186. The zero-order valence-corrected chi connectivity index (χ0v) is 21.5. The lowest BCUT2D eigenvalue weighted by molar-refractivity contribution is -0.116. The number of carbonyl (C=O) groups excluding carboxylic acids is 1. The van der Waals surface area contributed by atoms with E-state index in [1.54, 1.807) is 0 Å². The van der Waals surface area contributed by atoms with Gasteiger partial charge in [0.25, 0.3) is 16.0 Å². The first kappa shape index (κ1) is 27.0. The standard InChI is InChI=1S/C24H37BrN2O4S/c1-2-3-4-5-6-7-8-9-10-11-12-13-14-15-22-23(25)24(28)27(26-22)20-16-18-21(19-17-20)32(29,30)31/h16-19,23H,2-15H2,1H3,(H,29,30,31)/t23-/m0/s1. The highest BCUT2D eigenvalue weighted by Crippen LogP contribution is 2.27. The Morgan fingerprint density at radius 2 is 1.34 bits per heavy atom. The van der Waals surface area contributed by atoms with E-state index in [4.69, 9.17) is 4.55 Å². The minimum atomic E-state index is -4.26. The fourth-order valence-electron chi connectivity index (χ4n) is 3.92. The SMILES string of the molecule is CCCCCCCCCCCCCCCC1=NN(c2ccc(S(=O)(=O)O)cc2)C(=O)[C@H]1Br. The molecule has 0 bridgehead atoms. The van der Waals surface area contributed by atoms with Gasteiger partial charge in [-0.15, -0.1) is 0 Å². The van der Waals surface area contributed by atoms with Crippen molar-refractivity contribution in [3.63, 3.8) is 0 Å². The molecule has 0 unspecified atom stereocenters. The third-order valence-electron chi connectivity index (χ3n) is 5.86. The number of alkyl halides is 1. The summed E-state index contributed by atoms with van der Waals surface area (Å²) in [6.45, 7) is 2.25. The van der Waals surface area contributed by atoms with E-state index in [1.165, 1.54) is 99.9 Å². The number of halogens is 1. The van der Waals surface area contributed by atoms with Crippen LogP contribution in [0.3, 0.4) is 0 Å². The first-order valence-corrected chi connectivity index (χ1v) is 14.3. The van der Waals surface area contributed by atoms with Crippen LogP contribution in [0.2, 0.25) is 0 Å². The van der Waals surface area contributed by atoms with Crippen LogP contribution in [0.4, 0.5) is 5.69 Å². The first-order chi connectivity index (χ1) is 15.3. The van der Waals surface area contributed by atoms with Gasteiger partial charge in [-0.2, -0.15) is 18.5 Å². The molecule has 0 aliphatic carbocycles. The molecule has 0 spiro atoms. The molecular weight excluding hydrogens is 492 g/mol. The summed E-state index contributed by atoms with van der Waals surface area (Å²) in [6.07, 6.45) is 17.6. The third-order valence-corrected chi connectivity index (χ3v) is 7.65. The van der Waals surface area contributed by atoms with Crippen molar-refractivity contribution in [2.24, 2.45) is 5.10 Å². The largest absolute Gasteiger partial charge is 0.294 e. The van der Waals surface area contributed by atoms with Gasteiger partial charge in [0.1, 0.15) is 4.83 Å². The Morgan fingerprint density at radius 1 is 0.875 bits per heavy atom. The van der Waals surface area contributed by atoms with Crippen LogP contribution in [0.5, 0.6) is 0 Å². The second kappa shape index (κ2) is 14.1. The Labute approximate surface area is 201 Å². The second-order valence-corrected chi connectivity index (χ2v) is 10.9. The van der Waals surface area contributed by atoms with E-state index in [0.29, 0.717) is 5.69 Å². The van der Waals surface area contributed by atoms with Crippen molar-refractivity contribution in [1.29, 1.82) is 0 Å². The van der Waals surface area contributed by atoms with Crippen LogP contribution in [-0.2, 0) is 14.9 Å². The van der Waals surface area contributed by atoms with Gasteiger partial charge in [-0.1, -0.05) is 99.9 Å². The van der Waals surface area contributed by atoms with E-state index in [9.17, 15) is 13.2 Å². The number of hydrazone groups is 1. The summed E-state index contributed by atoms with van der Waals surface area (Å²) in [6, 6.07) is 5.47. The van der Waals surface area contributed by atoms with E-state index < -0.39 is 14.9 Å². The topological polar surface area (TPSA) is 87.0 Å². The number of nitrogens with zero attached hydrogens (tertiary/aromatic N) is 2. The van der Waals surface area contributed by atoms with Crippen molar-refractivity contribution in [3.8, 4) is 0 Å². The number of hydrogen-bond donors (Lipinski definition) is 1. The average Bonchev–Trinajstić information content (AvgIpc) is 3.05. The summed E-state index contributed by atoms with van der Waals surface area (Å²) in [5, 5.41) is 5.74. The predicted molar refractivity (Wildman–Crippen MR) is 134 cm³/mol. The molecule has 1 aliphatic heterocycles. The van der Waals surface area contributed by atoms with E-state index in [0.717, 1.165) is 25.0 Å². The fourth-order valence-corrected chi connectivity index (χ4v) is 4.92. The average molecular weight is 530 g/mol. The molecule has 1 heterocycles. The van der Waals surface area contributed by atoms with Gasteiger partial charge in [0, 0.05) is 0 Å². The smallest absolute Gasteiger partial charge is 0.282 e. The Morgan fingerprint density at radius 3 is 1.81 bits per heavy atom. The minimum Gasteiger partial charge on any atom is -0.282 e. The van der Waals surface area contributed by atoms with Crippen molar-refractivity contribution in [2.45, 2.75) is 107 Å². The maximum absolute atomic E-state index is 12.5. The summed E-state index contributed by atoms with van der Waals surface area (Å²) >= 11 is 3.43. The molecular formula is C24H37BrN2O4S. The normalized spacial score (nSPS) is 16.6.